The highest BCUT2D eigenvalue weighted by Gasteiger charge is 2.59. The van der Waals surface area contributed by atoms with Crippen LogP contribution in [0, 0.1) is 30.6 Å². The number of fused-ring (bicyclic) bond motifs is 2. The fourth-order valence-corrected chi connectivity index (χ4v) is 4.41. The Bertz CT molecular complexity index is 781. The maximum atomic E-state index is 12.2. The van der Waals surface area contributed by atoms with E-state index in [-0.39, 0.29) is 29.2 Å². The summed E-state index contributed by atoms with van der Waals surface area (Å²) in [5, 5.41) is 7.08. The van der Waals surface area contributed by atoms with Crippen molar-refractivity contribution in [2.45, 2.75) is 53.9 Å². The lowest BCUT2D eigenvalue weighted by Gasteiger charge is -2.34. The summed E-state index contributed by atoms with van der Waals surface area (Å²) in [5.41, 5.74) is 6.77. The van der Waals surface area contributed by atoms with Gasteiger partial charge in [-0.2, -0.15) is 5.10 Å². The zero-order valence-corrected chi connectivity index (χ0v) is 16.4. The number of benzene rings is 1. The van der Waals surface area contributed by atoms with Gasteiger partial charge in [-0.25, -0.2) is 5.43 Å². The first-order valence-electron chi connectivity index (χ1n) is 9.36. The average Bonchev–Trinajstić information content (AvgIpc) is 2.93. The van der Waals surface area contributed by atoms with Gasteiger partial charge in [0.2, 0.25) is 0 Å². The summed E-state index contributed by atoms with van der Waals surface area (Å²) in [6.07, 6.45) is 3.32. The number of aryl methyl sites for hydroxylation is 2. The van der Waals surface area contributed by atoms with E-state index in [0.717, 1.165) is 29.7 Å². The molecule has 1 aromatic rings. The molecule has 2 fully saturated rings. The van der Waals surface area contributed by atoms with Crippen molar-refractivity contribution in [3.8, 4) is 0 Å². The molecule has 0 aliphatic heterocycles. The quantitative estimate of drug-likeness (QED) is 0.813. The van der Waals surface area contributed by atoms with Crippen molar-refractivity contribution in [3.63, 3.8) is 0 Å². The monoisotopic (exact) mass is 355 g/mol. The largest absolute Gasteiger partial charge is 0.343 e. The third-order valence-electron chi connectivity index (χ3n) is 7.01. The Morgan fingerprint density at radius 1 is 1.19 bits per heavy atom. The minimum absolute atomic E-state index is 0.0631. The maximum Gasteiger partial charge on any atom is 0.259 e. The molecule has 0 aromatic heterocycles. The SMILES string of the molecule is Cc1ccc(C(=O)NCC(=O)N/N=C2/C[C@H]3CC[C@]2(C)C3(C)C)cc1C. The van der Waals surface area contributed by atoms with Crippen LogP contribution in [0.2, 0.25) is 0 Å². The van der Waals surface area contributed by atoms with E-state index in [1.54, 1.807) is 6.07 Å². The molecule has 140 valence electrons. The van der Waals surface area contributed by atoms with E-state index in [1.165, 1.54) is 6.42 Å². The van der Waals surface area contributed by atoms with Crippen molar-refractivity contribution in [2.75, 3.05) is 6.54 Å². The topological polar surface area (TPSA) is 70.6 Å². The van der Waals surface area contributed by atoms with Crippen LogP contribution in [0.5, 0.6) is 0 Å². The summed E-state index contributed by atoms with van der Waals surface area (Å²) >= 11 is 0. The Morgan fingerprint density at radius 2 is 1.92 bits per heavy atom. The summed E-state index contributed by atoms with van der Waals surface area (Å²) in [6, 6.07) is 5.52. The molecular weight excluding hydrogens is 326 g/mol. The molecule has 0 saturated heterocycles. The van der Waals surface area contributed by atoms with Crippen LogP contribution < -0.4 is 10.7 Å². The Morgan fingerprint density at radius 3 is 2.50 bits per heavy atom. The first-order valence-corrected chi connectivity index (χ1v) is 9.36. The highest BCUT2D eigenvalue weighted by atomic mass is 16.2. The van der Waals surface area contributed by atoms with Crippen molar-refractivity contribution in [3.05, 3.63) is 34.9 Å². The molecule has 0 spiro atoms. The average molecular weight is 355 g/mol. The van der Waals surface area contributed by atoms with Gasteiger partial charge >= 0.3 is 0 Å². The lowest BCUT2D eigenvalue weighted by Crippen LogP contribution is -2.37. The molecule has 5 heteroatoms. The predicted molar refractivity (Wildman–Crippen MR) is 103 cm³/mol. The molecule has 5 nitrogen and oxygen atoms in total. The van der Waals surface area contributed by atoms with Crippen molar-refractivity contribution < 1.29 is 9.59 Å². The summed E-state index contributed by atoms with van der Waals surface area (Å²) in [6.45, 7) is 10.8. The molecule has 2 aliphatic rings. The summed E-state index contributed by atoms with van der Waals surface area (Å²) in [5.74, 6) is 0.107. The highest BCUT2D eigenvalue weighted by molar-refractivity contribution is 5.97. The lowest BCUT2D eigenvalue weighted by molar-refractivity contribution is -0.120. The van der Waals surface area contributed by atoms with Crippen molar-refractivity contribution >= 4 is 17.5 Å². The number of carbonyl (C=O) groups is 2. The first kappa shape index (κ1) is 18.6. The van der Waals surface area contributed by atoms with Gasteiger partial charge in [0.1, 0.15) is 0 Å². The minimum Gasteiger partial charge on any atom is -0.343 e. The van der Waals surface area contributed by atoms with Crippen LogP contribution in [0.4, 0.5) is 0 Å². The van der Waals surface area contributed by atoms with E-state index in [0.29, 0.717) is 11.5 Å². The van der Waals surface area contributed by atoms with Gasteiger partial charge in [0.25, 0.3) is 11.8 Å². The fourth-order valence-electron chi connectivity index (χ4n) is 4.41. The first-order chi connectivity index (χ1) is 12.1. The van der Waals surface area contributed by atoms with Crippen LogP contribution in [-0.4, -0.2) is 24.1 Å². The Balaban J connectivity index is 1.55. The van der Waals surface area contributed by atoms with Crippen LogP contribution in [0.15, 0.2) is 23.3 Å². The number of nitrogens with one attached hydrogen (secondary N) is 2. The van der Waals surface area contributed by atoms with Crippen molar-refractivity contribution in [1.82, 2.24) is 10.7 Å². The fraction of sp³-hybridized carbons (Fsp3) is 0.571. The van der Waals surface area contributed by atoms with Crippen molar-refractivity contribution in [1.29, 1.82) is 0 Å². The molecule has 1 aromatic carbocycles. The molecule has 2 amide bonds. The van der Waals surface area contributed by atoms with Crippen LogP contribution in [0.3, 0.4) is 0 Å². The molecule has 2 bridgehead atoms. The Kier molecular flexibility index (Phi) is 4.67. The van der Waals surface area contributed by atoms with Crippen molar-refractivity contribution in [2.24, 2.45) is 21.8 Å². The summed E-state index contributed by atoms with van der Waals surface area (Å²) in [7, 11) is 0. The zero-order valence-electron chi connectivity index (χ0n) is 16.4. The van der Waals surface area contributed by atoms with Crippen LogP contribution in [0.25, 0.3) is 0 Å². The number of hydrazone groups is 1. The second kappa shape index (κ2) is 6.53. The number of hydrogen-bond acceptors (Lipinski definition) is 3. The van der Waals surface area contributed by atoms with E-state index in [1.807, 2.05) is 26.0 Å². The van der Waals surface area contributed by atoms with E-state index < -0.39 is 0 Å². The number of amides is 2. The Hall–Kier alpha value is -2.17. The van der Waals surface area contributed by atoms with Gasteiger partial charge in [-0.15, -0.1) is 0 Å². The molecule has 2 N–H and O–H groups in total. The maximum absolute atomic E-state index is 12.2. The van der Waals surface area contributed by atoms with E-state index in [4.69, 9.17) is 0 Å². The van der Waals surface area contributed by atoms with Gasteiger partial charge in [-0.05, 0) is 67.7 Å². The highest BCUT2D eigenvalue weighted by Crippen LogP contribution is 2.63. The summed E-state index contributed by atoms with van der Waals surface area (Å²) in [4.78, 5) is 24.3. The second-order valence-electron chi connectivity index (χ2n) is 8.57. The molecular formula is C21H29N3O2. The van der Waals surface area contributed by atoms with E-state index >= 15 is 0 Å². The van der Waals surface area contributed by atoms with Crippen LogP contribution in [0.1, 0.15) is 61.5 Å². The molecule has 0 radical (unpaired) electrons. The van der Waals surface area contributed by atoms with Gasteiger partial charge in [0.15, 0.2) is 0 Å². The molecule has 26 heavy (non-hydrogen) atoms. The normalized spacial score (nSPS) is 27.6. The number of carbonyl (C=O) groups excluding carboxylic acids is 2. The van der Waals surface area contributed by atoms with Crippen LogP contribution in [-0.2, 0) is 4.79 Å². The van der Waals surface area contributed by atoms with Gasteiger partial charge in [0.05, 0.1) is 6.54 Å². The molecule has 0 unspecified atom stereocenters. The lowest BCUT2D eigenvalue weighted by atomic mass is 9.70. The molecule has 2 aliphatic carbocycles. The van der Waals surface area contributed by atoms with Crippen LogP contribution >= 0.6 is 0 Å². The van der Waals surface area contributed by atoms with Gasteiger partial charge in [0, 0.05) is 16.7 Å². The van der Waals surface area contributed by atoms with E-state index in [9.17, 15) is 9.59 Å². The van der Waals surface area contributed by atoms with Gasteiger partial charge in [-0.3, -0.25) is 9.59 Å². The summed E-state index contributed by atoms with van der Waals surface area (Å²) < 4.78 is 0. The third-order valence-corrected chi connectivity index (χ3v) is 7.01. The molecule has 0 heterocycles. The van der Waals surface area contributed by atoms with Gasteiger partial charge < -0.3 is 5.32 Å². The molecule has 2 saturated carbocycles. The number of nitrogens with zero attached hydrogens (tertiary/aromatic N) is 1. The standard InChI is InChI=1S/C21H29N3O2/c1-13-6-7-15(10-14(13)2)19(26)22-12-18(25)24-23-17-11-16-8-9-21(17,5)20(16,3)4/h6-7,10,16H,8-9,11-12H2,1-5H3,(H,22,26)(H,24,25)/b23-17-/t16-,21+/m1/s1. The minimum atomic E-state index is -0.293. The number of hydrogen-bond donors (Lipinski definition) is 2. The smallest absolute Gasteiger partial charge is 0.259 e. The molecule has 2 atom stereocenters. The van der Waals surface area contributed by atoms with E-state index in [2.05, 4.69) is 36.6 Å². The zero-order chi connectivity index (χ0) is 19.1. The number of rotatable bonds is 4. The third kappa shape index (κ3) is 3.04. The predicted octanol–water partition coefficient (Wildman–Crippen LogP) is 3.35. The van der Waals surface area contributed by atoms with Gasteiger partial charge in [-0.1, -0.05) is 26.8 Å². The molecule has 3 rings (SSSR count). The second-order valence-corrected chi connectivity index (χ2v) is 8.57. The Labute approximate surface area is 155 Å².